The monoisotopic (exact) mass is 411 g/mol. The Morgan fingerprint density at radius 3 is 2.40 bits per heavy atom. The van der Waals surface area contributed by atoms with Gasteiger partial charge < -0.3 is 15.1 Å². The summed E-state index contributed by atoms with van der Waals surface area (Å²) in [5.74, 6) is 0.0188. The summed E-state index contributed by atoms with van der Waals surface area (Å²) in [6, 6.07) is 6.24. The van der Waals surface area contributed by atoms with E-state index in [9.17, 15) is 14.0 Å². The van der Waals surface area contributed by atoms with Crippen LogP contribution in [0.1, 0.15) is 27.2 Å². The fourth-order valence-corrected chi connectivity index (χ4v) is 4.00. The molecule has 2 fully saturated rings. The minimum absolute atomic E-state index is 0.0345. The van der Waals surface area contributed by atoms with Gasteiger partial charge in [0.25, 0.3) is 5.91 Å². The predicted octanol–water partition coefficient (Wildman–Crippen LogP) is 2.64. The second-order valence-corrected chi connectivity index (χ2v) is 7.86. The van der Waals surface area contributed by atoms with Gasteiger partial charge in [0.2, 0.25) is 0 Å². The number of halogens is 1. The van der Waals surface area contributed by atoms with E-state index in [0.29, 0.717) is 45.0 Å². The van der Waals surface area contributed by atoms with Crippen molar-refractivity contribution in [2.75, 3.05) is 49.1 Å². The molecule has 158 valence electrons. The third kappa shape index (κ3) is 3.69. The molecule has 7 nitrogen and oxygen atoms in total. The minimum atomic E-state index is -0.605. The number of carbonyl (C=O) groups is 2. The van der Waals surface area contributed by atoms with E-state index in [1.165, 1.54) is 17.0 Å². The maximum Gasteiger partial charge on any atom is 0.321 e. The molecule has 2 aliphatic heterocycles. The normalized spacial score (nSPS) is 16.8. The van der Waals surface area contributed by atoms with Crippen LogP contribution in [0, 0.1) is 26.6 Å². The lowest BCUT2D eigenvalue weighted by Crippen LogP contribution is -2.49. The quantitative estimate of drug-likeness (QED) is 0.843. The number of urea groups is 1. The molecule has 0 unspecified atom stereocenters. The van der Waals surface area contributed by atoms with Gasteiger partial charge in [-0.3, -0.25) is 9.69 Å². The first-order valence-electron chi connectivity index (χ1n) is 10.2. The smallest absolute Gasteiger partial charge is 0.321 e. The number of nitrogens with zero attached hydrogens (tertiary/aromatic N) is 4. The molecule has 8 heteroatoms. The van der Waals surface area contributed by atoms with Crippen molar-refractivity contribution < 1.29 is 14.0 Å². The summed E-state index contributed by atoms with van der Waals surface area (Å²) in [5, 5.41) is 2.68. The molecule has 1 N–H and O–H groups in total. The number of nitrogens with one attached hydrogen (secondary N) is 1. The van der Waals surface area contributed by atoms with E-state index < -0.39 is 5.82 Å². The molecule has 0 radical (unpaired) electrons. The molecule has 0 bridgehead atoms. The average Bonchev–Trinajstić information content (AvgIpc) is 3.16. The number of carbonyl (C=O) groups excluding carboxylic acids is 2. The number of anilines is 2. The van der Waals surface area contributed by atoms with E-state index >= 15 is 0 Å². The van der Waals surface area contributed by atoms with Gasteiger partial charge in [-0.1, -0.05) is 6.07 Å². The molecule has 2 aliphatic rings. The minimum Gasteiger partial charge on any atom is -0.353 e. The van der Waals surface area contributed by atoms with Crippen molar-refractivity contribution in [2.45, 2.75) is 20.8 Å². The van der Waals surface area contributed by atoms with Crippen LogP contribution in [-0.2, 0) is 0 Å². The van der Waals surface area contributed by atoms with Gasteiger partial charge in [0.15, 0.2) is 0 Å². The van der Waals surface area contributed by atoms with Gasteiger partial charge in [-0.2, -0.15) is 0 Å². The van der Waals surface area contributed by atoms with E-state index in [1.807, 2.05) is 20.8 Å². The van der Waals surface area contributed by atoms with Gasteiger partial charge >= 0.3 is 6.03 Å². The molecule has 1 aromatic heterocycles. The fraction of sp³-hybridized carbons (Fsp3) is 0.409. The van der Waals surface area contributed by atoms with Crippen LogP contribution in [0.15, 0.2) is 24.3 Å². The van der Waals surface area contributed by atoms with Gasteiger partial charge in [0, 0.05) is 50.6 Å². The highest BCUT2D eigenvalue weighted by Crippen LogP contribution is 2.24. The molecule has 0 spiro atoms. The first kappa shape index (κ1) is 20.1. The predicted molar refractivity (Wildman–Crippen MR) is 114 cm³/mol. The van der Waals surface area contributed by atoms with E-state index in [4.69, 9.17) is 4.98 Å². The van der Waals surface area contributed by atoms with Crippen LogP contribution in [0.2, 0.25) is 0 Å². The van der Waals surface area contributed by atoms with Gasteiger partial charge in [0.1, 0.15) is 11.6 Å². The summed E-state index contributed by atoms with van der Waals surface area (Å²) in [7, 11) is 0. The van der Waals surface area contributed by atoms with E-state index in [0.717, 1.165) is 22.6 Å². The topological polar surface area (TPSA) is 68.8 Å². The number of hydrogen-bond acceptors (Lipinski definition) is 4. The van der Waals surface area contributed by atoms with Crippen LogP contribution in [-0.4, -0.2) is 61.1 Å². The molecule has 30 heavy (non-hydrogen) atoms. The number of pyridine rings is 1. The van der Waals surface area contributed by atoms with Gasteiger partial charge in [0.05, 0.1) is 5.56 Å². The highest BCUT2D eigenvalue weighted by molar-refractivity contribution is 5.97. The van der Waals surface area contributed by atoms with Crippen LogP contribution < -0.4 is 15.1 Å². The highest BCUT2D eigenvalue weighted by Gasteiger charge is 2.27. The maximum absolute atomic E-state index is 14.7. The molecular weight excluding hydrogens is 385 g/mol. The lowest BCUT2D eigenvalue weighted by molar-refractivity contribution is 0.0742. The lowest BCUT2D eigenvalue weighted by atomic mass is 10.1. The molecule has 0 atom stereocenters. The Morgan fingerprint density at radius 2 is 1.77 bits per heavy atom. The van der Waals surface area contributed by atoms with Gasteiger partial charge in [-0.15, -0.1) is 0 Å². The Balaban J connectivity index is 1.44. The van der Waals surface area contributed by atoms with Crippen LogP contribution in [0.25, 0.3) is 0 Å². The molecule has 4 rings (SSSR count). The van der Waals surface area contributed by atoms with Gasteiger partial charge in [-0.05, 0) is 50.1 Å². The van der Waals surface area contributed by atoms with Crippen LogP contribution >= 0.6 is 0 Å². The molecule has 2 aromatic rings. The third-order valence-corrected chi connectivity index (χ3v) is 5.85. The summed E-state index contributed by atoms with van der Waals surface area (Å²) in [6.07, 6.45) is 0. The number of benzene rings is 1. The van der Waals surface area contributed by atoms with Crippen molar-refractivity contribution in [3.8, 4) is 0 Å². The Bertz CT molecular complexity index is 1000. The maximum atomic E-state index is 14.7. The van der Waals surface area contributed by atoms with Crippen LogP contribution in [0.5, 0.6) is 0 Å². The van der Waals surface area contributed by atoms with Crippen molar-refractivity contribution in [2.24, 2.45) is 0 Å². The first-order valence-corrected chi connectivity index (χ1v) is 10.2. The summed E-state index contributed by atoms with van der Waals surface area (Å²) in [6.45, 7) is 9.40. The number of amides is 3. The second-order valence-electron chi connectivity index (χ2n) is 7.86. The summed E-state index contributed by atoms with van der Waals surface area (Å²) in [5.41, 5.74) is 3.77. The number of aromatic nitrogens is 1. The molecule has 0 aliphatic carbocycles. The molecule has 2 saturated heterocycles. The van der Waals surface area contributed by atoms with Gasteiger partial charge in [-0.25, -0.2) is 14.2 Å². The zero-order chi connectivity index (χ0) is 21.4. The fourth-order valence-electron chi connectivity index (χ4n) is 4.00. The van der Waals surface area contributed by atoms with Crippen LogP contribution in [0.4, 0.5) is 20.7 Å². The van der Waals surface area contributed by atoms with E-state index in [1.54, 1.807) is 11.0 Å². The standard InChI is InChI=1S/C22H26FN5O2/c1-14-12-15(2)20(25-16(14)3)26-8-10-27(11-9-26)21(29)18-5-4-17(13-19(18)23)28-7-6-24-22(28)30/h4-5,12-13H,6-11H2,1-3H3,(H,24,30). The Kier molecular flexibility index (Phi) is 5.32. The number of piperazine rings is 1. The third-order valence-electron chi connectivity index (χ3n) is 5.85. The summed E-state index contributed by atoms with van der Waals surface area (Å²) in [4.78, 5) is 34.7. The van der Waals surface area contributed by atoms with Crippen molar-refractivity contribution in [3.63, 3.8) is 0 Å². The molecule has 3 heterocycles. The largest absolute Gasteiger partial charge is 0.353 e. The Labute approximate surface area is 175 Å². The van der Waals surface area contributed by atoms with E-state index in [-0.39, 0.29) is 17.5 Å². The zero-order valence-electron chi connectivity index (χ0n) is 17.5. The zero-order valence-corrected chi connectivity index (χ0v) is 17.5. The SMILES string of the molecule is Cc1cc(C)c(N2CCN(C(=O)c3ccc(N4CCNC4=O)cc3F)CC2)nc1C. The highest BCUT2D eigenvalue weighted by atomic mass is 19.1. The van der Waals surface area contributed by atoms with Crippen molar-refractivity contribution >= 4 is 23.4 Å². The molecule has 3 amide bonds. The molecule has 0 saturated carbocycles. The molecular formula is C22H26FN5O2. The summed E-state index contributed by atoms with van der Waals surface area (Å²) < 4.78 is 14.7. The second kappa shape index (κ2) is 7.93. The summed E-state index contributed by atoms with van der Waals surface area (Å²) >= 11 is 0. The Morgan fingerprint density at radius 1 is 1.03 bits per heavy atom. The lowest BCUT2D eigenvalue weighted by Gasteiger charge is -2.36. The van der Waals surface area contributed by atoms with Crippen molar-refractivity contribution in [1.29, 1.82) is 0 Å². The number of hydrogen-bond donors (Lipinski definition) is 1. The average molecular weight is 411 g/mol. The van der Waals surface area contributed by atoms with Crippen molar-refractivity contribution in [3.05, 3.63) is 52.5 Å². The van der Waals surface area contributed by atoms with E-state index in [2.05, 4.69) is 16.3 Å². The number of rotatable bonds is 3. The first-order chi connectivity index (χ1) is 14.3. The number of aryl methyl sites for hydroxylation is 3. The van der Waals surface area contributed by atoms with Crippen LogP contribution in [0.3, 0.4) is 0 Å². The van der Waals surface area contributed by atoms with Crippen molar-refractivity contribution in [1.82, 2.24) is 15.2 Å². The molecule has 1 aromatic carbocycles. The Hall–Kier alpha value is -3.16.